The van der Waals surface area contributed by atoms with Crippen molar-refractivity contribution in [3.05, 3.63) is 24.3 Å². The number of carbonyl (C=O) groups is 2. The lowest BCUT2D eigenvalue weighted by atomic mass is 10.1. The summed E-state index contributed by atoms with van der Waals surface area (Å²) < 4.78 is 39.9. The second-order valence-electron chi connectivity index (χ2n) is 5.21. The molecule has 0 radical (unpaired) electrons. The molecular formula is C14H16F3N3O4. The van der Waals surface area contributed by atoms with Gasteiger partial charge in [0.1, 0.15) is 5.75 Å². The van der Waals surface area contributed by atoms with Crippen molar-refractivity contribution in [2.24, 2.45) is 0 Å². The SMILES string of the molecule is O=C(Nc1ccc(OC(F)(F)F)cc1)NC1CCN(C(=O)O)CC1. The molecule has 132 valence electrons. The number of nitrogens with zero attached hydrogens (tertiary/aromatic N) is 1. The van der Waals surface area contributed by atoms with Gasteiger partial charge in [0.05, 0.1) is 0 Å². The Balaban J connectivity index is 1.79. The molecule has 0 aromatic heterocycles. The quantitative estimate of drug-likeness (QED) is 0.784. The predicted molar refractivity (Wildman–Crippen MR) is 77.9 cm³/mol. The van der Waals surface area contributed by atoms with Crippen LogP contribution in [-0.2, 0) is 0 Å². The highest BCUT2D eigenvalue weighted by Gasteiger charge is 2.31. The summed E-state index contributed by atoms with van der Waals surface area (Å²) in [4.78, 5) is 23.9. The number of amides is 3. The zero-order valence-corrected chi connectivity index (χ0v) is 12.5. The predicted octanol–water partition coefficient (Wildman–Crippen LogP) is 2.85. The Kier molecular flexibility index (Phi) is 5.37. The summed E-state index contributed by atoms with van der Waals surface area (Å²) >= 11 is 0. The van der Waals surface area contributed by atoms with Crippen LogP contribution in [0, 0.1) is 0 Å². The third-order valence-corrected chi connectivity index (χ3v) is 3.45. The Morgan fingerprint density at radius 3 is 2.25 bits per heavy atom. The van der Waals surface area contributed by atoms with E-state index in [2.05, 4.69) is 15.4 Å². The first kappa shape index (κ1) is 17.7. The zero-order valence-electron chi connectivity index (χ0n) is 12.5. The first-order valence-electron chi connectivity index (χ1n) is 7.14. The molecule has 1 aromatic rings. The molecule has 7 nitrogen and oxygen atoms in total. The number of halogens is 3. The molecular weight excluding hydrogens is 331 g/mol. The summed E-state index contributed by atoms with van der Waals surface area (Å²) in [7, 11) is 0. The van der Waals surface area contributed by atoms with Gasteiger partial charge in [0.15, 0.2) is 0 Å². The van der Waals surface area contributed by atoms with Crippen LogP contribution in [0.15, 0.2) is 24.3 Å². The topological polar surface area (TPSA) is 90.9 Å². The molecule has 10 heteroatoms. The molecule has 3 amide bonds. The average molecular weight is 347 g/mol. The van der Waals surface area contributed by atoms with E-state index < -0.39 is 18.5 Å². The number of ether oxygens (including phenoxy) is 1. The number of carboxylic acid groups (broad SMARTS) is 1. The van der Waals surface area contributed by atoms with E-state index in [9.17, 15) is 22.8 Å². The summed E-state index contributed by atoms with van der Waals surface area (Å²) in [5.41, 5.74) is 0.310. The molecule has 0 unspecified atom stereocenters. The van der Waals surface area contributed by atoms with Crippen LogP contribution in [0.1, 0.15) is 12.8 Å². The first-order chi connectivity index (χ1) is 11.2. The van der Waals surface area contributed by atoms with Gasteiger partial charge in [-0.25, -0.2) is 9.59 Å². The lowest BCUT2D eigenvalue weighted by Crippen LogP contribution is -2.47. The number of hydrogen-bond acceptors (Lipinski definition) is 3. The van der Waals surface area contributed by atoms with E-state index in [0.717, 1.165) is 12.1 Å². The monoisotopic (exact) mass is 347 g/mol. The van der Waals surface area contributed by atoms with Gasteiger partial charge in [-0.15, -0.1) is 13.2 Å². The van der Waals surface area contributed by atoms with Crippen molar-refractivity contribution in [2.75, 3.05) is 18.4 Å². The van der Waals surface area contributed by atoms with Gasteiger partial charge in [0, 0.05) is 24.8 Å². The molecule has 0 atom stereocenters. The maximum absolute atomic E-state index is 12.0. The molecule has 0 aliphatic carbocycles. The molecule has 24 heavy (non-hydrogen) atoms. The van der Waals surface area contributed by atoms with Gasteiger partial charge in [-0.1, -0.05) is 0 Å². The number of rotatable bonds is 3. The van der Waals surface area contributed by atoms with Crippen LogP contribution in [0.2, 0.25) is 0 Å². The first-order valence-corrected chi connectivity index (χ1v) is 7.14. The fourth-order valence-corrected chi connectivity index (χ4v) is 2.31. The number of nitrogens with one attached hydrogen (secondary N) is 2. The molecule has 0 bridgehead atoms. The number of alkyl halides is 3. The fourth-order valence-electron chi connectivity index (χ4n) is 2.31. The van der Waals surface area contributed by atoms with E-state index in [1.165, 1.54) is 17.0 Å². The van der Waals surface area contributed by atoms with Crippen LogP contribution in [0.25, 0.3) is 0 Å². The number of hydrogen-bond donors (Lipinski definition) is 3. The molecule has 1 aliphatic rings. The van der Waals surface area contributed by atoms with Crippen LogP contribution >= 0.6 is 0 Å². The summed E-state index contributed by atoms with van der Waals surface area (Å²) in [5, 5.41) is 14.0. The minimum atomic E-state index is -4.77. The number of piperidine rings is 1. The number of anilines is 1. The van der Waals surface area contributed by atoms with E-state index in [1.807, 2.05) is 0 Å². The average Bonchev–Trinajstić information content (AvgIpc) is 2.48. The Bertz CT molecular complexity index is 584. The van der Waals surface area contributed by atoms with Crippen molar-refractivity contribution in [1.82, 2.24) is 10.2 Å². The van der Waals surface area contributed by atoms with Crippen molar-refractivity contribution in [1.29, 1.82) is 0 Å². The van der Waals surface area contributed by atoms with Crippen molar-refractivity contribution in [3.8, 4) is 5.75 Å². The largest absolute Gasteiger partial charge is 0.573 e. The molecule has 1 fully saturated rings. The lowest BCUT2D eigenvalue weighted by Gasteiger charge is -2.30. The van der Waals surface area contributed by atoms with Gasteiger partial charge >= 0.3 is 18.5 Å². The zero-order chi connectivity index (χ0) is 17.7. The number of benzene rings is 1. The molecule has 2 rings (SSSR count). The van der Waals surface area contributed by atoms with Crippen LogP contribution in [0.3, 0.4) is 0 Å². The van der Waals surface area contributed by atoms with Gasteiger partial charge in [0.2, 0.25) is 0 Å². The molecule has 1 heterocycles. The van der Waals surface area contributed by atoms with E-state index in [1.54, 1.807) is 0 Å². The number of urea groups is 1. The highest BCUT2D eigenvalue weighted by Crippen LogP contribution is 2.24. The van der Waals surface area contributed by atoms with Gasteiger partial charge < -0.3 is 25.4 Å². The lowest BCUT2D eigenvalue weighted by molar-refractivity contribution is -0.274. The molecule has 0 saturated carbocycles. The normalized spacial score (nSPS) is 15.7. The van der Waals surface area contributed by atoms with E-state index >= 15 is 0 Å². The van der Waals surface area contributed by atoms with Crippen molar-refractivity contribution in [3.63, 3.8) is 0 Å². The summed E-state index contributed by atoms with van der Waals surface area (Å²) in [6.45, 7) is 0.674. The summed E-state index contributed by atoms with van der Waals surface area (Å²) in [6.07, 6.45) is -4.76. The highest BCUT2D eigenvalue weighted by molar-refractivity contribution is 5.89. The Morgan fingerprint density at radius 1 is 1.17 bits per heavy atom. The summed E-state index contributed by atoms with van der Waals surface area (Å²) in [6, 6.07) is 4.09. The smallest absolute Gasteiger partial charge is 0.465 e. The third-order valence-electron chi connectivity index (χ3n) is 3.45. The minimum Gasteiger partial charge on any atom is -0.465 e. The highest BCUT2D eigenvalue weighted by atomic mass is 19.4. The Hall–Kier alpha value is -2.65. The fraction of sp³-hybridized carbons (Fsp3) is 0.429. The van der Waals surface area contributed by atoms with E-state index in [4.69, 9.17) is 5.11 Å². The minimum absolute atomic E-state index is 0.159. The van der Waals surface area contributed by atoms with Crippen LogP contribution in [0.4, 0.5) is 28.4 Å². The summed E-state index contributed by atoms with van der Waals surface area (Å²) in [5.74, 6) is -0.380. The maximum atomic E-state index is 12.0. The molecule has 3 N–H and O–H groups in total. The number of likely N-dealkylation sites (tertiary alicyclic amines) is 1. The molecule has 1 aliphatic heterocycles. The number of carbonyl (C=O) groups excluding carboxylic acids is 1. The van der Waals surface area contributed by atoms with Crippen molar-refractivity contribution in [2.45, 2.75) is 25.2 Å². The van der Waals surface area contributed by atoms with Gasteiger partial charge in [-0.3, -0.25) is 0 Å². The Morgan fingerprint density at radius 2 is 1.75 bits per heavy atom. The Labute approximate surface area is 135 Å². The maximum Gasteiger partial charge on any atom is 0.573 e. The van der Waals surface area contributed by atoms with Gasteiger partial charge in [-0.2, -0.15) is 0 Å². The van der Waals surface area contributed by atoms with Crippen molar-refractivity contribution >= 4 is 17.8 Å². The second kappa shape index (κ2) is 7.28. The van der Waals surface area contributed by atoms with Crippen LogP contribution < -0.4 is 15.4 Å². The van der Waals surface area contributed by atoms with Crippen LogP contribution in [0.5, 0.6) is 5.75 Å². The van der Waals surface area contributed by atoms with Crippen LogP contribution in [-0.4, -0.2) is 47.6 Å². The van der Waals surface area contributed by atoms with Gasteiger partial charge in [0.25, 0.3) is 0 Å². The van der Waals surface area contributed by atoms with Gasteiger partial charge in [-0.05, 0) is 37.1 Å². The molecule has 1 saturated heterocycles. The van der Waals surface area contributed by atoms with Crippen molar-refractivity contribution < 1.29 is 32.6 Å². The molecule has 0 spiro atoms. The second-order valence-corrected chi connectivity index (χ2v) is 5.21. The molecule has 1 aromatic carbocycles. The standard InChI is InChI=1S/C14H16F3N3O4/c15-14(16,17)24-11-3-1-9(2-4-11)18-12(21)19-10-5-7-20(8-6-10)13(22)23/h1-4,10H,5-8H2,(H,22,23)(H2,18,19,21). The van der Waals surface area contributed by atoms with E-state index in [-0.39, 0.29) is 11.8 Å². The van der Waals surface area contributed by atoms with E-state index in [0.29, 0.717) is 31.6 Å². The third kappa shape index (κ3) is 5.52.